The number of rotatable bonds is 5. The van der Waals surface area contributed by atoms with E-state index in [0.29, 0.717) is 17.6 Å². The Hall–Kier alpha value is -3.16. The van der Waals surface area contributed by atoms with Gasteiger partial charge < -0.3 is 20.1 Å². The van der Waals surface area contributed by atoms with E-state index in [1.54, 1.807) is 25.3 Å². The fourth-order valence-electron chi connectivity index (χ4n) is 4.58. The van der Waals surface area contributed by atoms with Gasteiger partial charge in [-0.05, 0) is 43.4 Å². The van der Waals surface area contributed by atoms with E-state index in [9.17, 15) is 14.7 Å². The lowest BCUT2D eigenvalue weighted by Gasteiger charge is -2.45. The summed E-state index contributed by atoms with van der Waals surface area (Å²) in [5.41, 5.74) is 2.32. The summed E-state index contributed by atoms with van der Waals surface area (Å²) in [5, 5.41) is 13.1. The normalized spacial score (nSPS) is 22.9. The van der Waals surface area contributed by atoms with E-state index < -0.39 is 5.97 Å². The Balaban J connectivity index is 1.89. The summed E-state index contributed by atoms with van der Waals surface area (Å²) in [6.45, 7) is 5.55. The number of methoxy groups -OCH3 is 1. The molecule has 1 aliphatic heterocycles. The summed E-state index contributed by atoms with van der Waals surface area (Å²) < 4.78 is 5.34. The number of carboxylic acid groups (broad SMARTS) is 1. The fourth-order valence-corrected chi connectivity index (χ4v) is 4.58. The Kier molecular flexibility index (Phi) is 5.09. The third-order valence-electron chi connectivity index (χ3n) is 6.06. The molecule has 8 nitrogen and oxygen atoms in total. The van der Waals surface area contributed by atoms with E-state index in [1.165, 1.54) is 7.11 Å². The molecule has 8 heteroatoms. The maximum Gasteiger partial charge on any atom is 0.339 e. The van der Waals surface area contributed by atoms with Crippen LogP contribution in [0.2, 0.25) is 0 Å². The van der Waals surface area contributed by atoms with Crippen LogP contribution in [0.4, 0.5) is 11.6 Å². The lowest BCUT2D eigenvalue weighted by molar-refractivity contribution is -0.117. The zero-order chi connectivity index (χ0) is 21.6. The number of hydrogen-bond acceptors (Lipinski definition) is 6. The van der Waals surface area contributed by atoms with Crippen LogP contribution >= 0.6 is 0 Å². The minimum Gasteiger partial charge on any atom is -0.496 e. The van der Waals surface area contributed by atoms with Crippen LogP contribution in [0, 0.1) is 18.8 Å². The van der Waals surface area contributed by atoms with Crippen molar-refractivity contribution in [3.63, 3.8) is 0 Å². The largest absolute Gasteiger partial charge is 0.496 e. The van der Waals surface area contributed by atoms with Crippen molar-refractivity contribution in [2.45, 2.75) is 45.7 Å². The standard InChI is InChI=1S/C22H26N4O4/c1-11-7-8-23-22(24-11)25-19-12(2)20(14-5-6-14)26(13(3)27)17-10-18(30-4)16(21(28)29)9-15(17)19/h7-10,12,14,19-20H,5-6H2,1-4H3,(H,28,29)(H,23,24,25). The number of anilines is 2. The van der Waals surface area contributed by atoms with Crippen LogP contribution in [0.1, 0.15) is 54.3 Å². The van der Waals surface area contributed by atoms with Crippen molar-refractivity contribution in [2.75, 3.05) is 17.3 Å². The molecule has 2 heterocycles. The second kappa shape index (κ2) is 7.59. The molecule has 0 bridgehead atoms. The van der Waals surface area contributed by atoms with Crippen LogP contribution in [0.3, 0.4) is 0 Å². The van der Waals surface area contributed by atoms with Gasteiger partial charge >= 0.3 is 5.97 Å². The molecule has 158 valence electrons. The van der Waals surface area contributed by atoms with Crippen LogP contribution in [0.5, 0.6) is 5.75 Å². The predicted octanol–water partition coefficient (Wildman–Crippen LogP) is 3.43. The number of benzene rings is 1. The lowest BCUT2D eigenvalue weighted by Crippen LogP contribution is -2.51. The van der Waals surface area contributed by atoms with E-state index in [0.717, 1.165) is 24.1 Å². The van der Waals surface area contributed by atoms with E-state index in [-0.39, 0.29) is 35.2 Å². The van der Waals surface area contributed by atoms with E-state index in [4.69, 9.17) is 4.74 Å². The molecular weight excluding hydrogens is 384 g/mol. The number of aromatic carboxylic acids is 1. The molecule has 1 amide bonds. The minimum absolute atomic E-state index is 0.0118. The third kappa shape index (κ3) is 3.46. The zero-order valence-corrected chi connectivity index (χ0v) is 17.5. The van der Waals surface area contributed by atoms with Crippen LogP contribution in [0.15, 0.2) is 24.4 Å². The van der Waals surface area contributed by atoms with Gasteiger partial charge in [0.2, 0.25) is 11.9 Å². The van der Waals surface area contributed by atoms with Crippen LogP contribution in [-0.2, 0) is 4.79 Å². The van der Waals surface area contributed by atoms with E-state index in [2.05, 4.69) is 22.2 Å². The number of carboxylic acids is 1. The molecule has 30 heavy (non-hydrogen) atoms. The SMILES string of the molecule is COc1cc2c(cc1C(=O)O)C(Nc1nccc(C)n1)C(C)C(C1CC1)N2C(C)=O. The molecule has 3 unspecified atom stereocenters. The Morgan fingerprint density at radius 3 is 2.60 bits per heavy atom. The highest BCUT2D eigenvalue weighted by atomic mass is 16.5. The van der Waals surface area contributed by atoms with Crippen molar-refractivity contribution in [1.29, 1.82) is 0 Å². The number of carbonyl (C=O) groups is 2. The van der Waals surface area contributed by atoms with Gasteiger partial charge in [0, 0.05) is 36.8 Å². The number of nitrogens with one attached hydrogen (secondary N) is 1. The second-order valence-corrected chi connectivity index (χ2v) is 8.14. The number of amides is 1. The highest BCUT2D eigenvalue weighted by Crippen LogP contribution is 2.51. The highest BCUT2D eigenvalue weighted by molar-refractivity contribution is 5.97. The van der Waals surface area contributed by atoms with Gasteiger partial charge in [0.05, 0.1) is 18.8 Å². The van der Waals surface area contributed by atoms with Crippen molar-refractivity contribution in [1.82, 2.24) is 9.97 Å². The average molecular weight is 410 g/mol. The average Bonchev–Trinajstić information content (AvgIpc) is 3.53. The molecule has 0 radical (unpaired) electrons. The zero-order valence-electron chi connectivity index (χ0n) is 17.5. The molecule has 4 rings (SSSR count). The highest BCUT2D eigenvalue weighted by Gasteiger charge is 2.48. The Morgan fingerprint density at radius 1 is 1.30 bits per heavy atom. The van der Waals surface area contributed by atoms with Crippen molar-refractivity contribution >= 4 is 23.5 Å². The second-order valence-electron chi connectivity index (χ2n) is 8.14. The van der Waals surface area contributed by atoms with Crippen molar-refractivity contribution < 1.29 is 19.4 Å². The first kappa shape index (κ1) is 20.1. The van der Waals surface area contributed by atoms with Crippen molar-refractivity contribution in [3.05, 3.63) is 41.2 Å². The molecule has 2 aliphatic rings. The lowest BCUT2D eigenvalue weighted by atomic mass is 9.79. The summed E-state index contributed by atoms with van der Waals surface area (Å²) in [5.74, 6) is 0.0402. The Morgan fingerprint density at radius 2 is 2.03 bits per heavy atom. The van der Waals surface area contributed by atoms with Gasteiger partial charge in [-0.1, -0.05) is 6.92 Å². The summed E-state index contributed by atoms with van der Waals surface area (Å²) >= 11 is 0. The molecule has 1 aromatic carbocycles. The number of fused-ring (bicyclic) bond motifs is 1. The molecule has 2 aromatic rings. The topological polar surface area (TPSA) is 105 Å². The molecule has 0 spiro atoms. The van der Waals surface area contributed by atoms with Gasteiger partial charge in [-0.3, -0.25) is 4.79 Å². The van der Waals surface area contributed by atoms with Gasteiger partial charge in [-0.2, -0.15) is 0 Å². The van der Waals surface area contributed by atoms with E-state index >= 15 is 0 Å². The van der Waals surface area contributed by atoms with Crippen LogP contribution in [-0.4, -0.2) is 40.1 Å². The molecule has 2 N–H and O–H groups in total. The maximum atomic E-state index is 12.7. The monoisotopic (exact) mass is 410 g/mol. The summed E-state index contributed by atoms with van der Waals surface area (Å²) in [4.78, 5) is 35.2. The summed E-state index contributed by atoms with van der Waals surface area (Å²) in [7, 11) is 1.44. The molecule has 1 aliphatic carbocycles. The van der Waals surface area contributed by atoms with Gasteiger partial charge in [0.25, 0.3) is 0 Å². The number of carbonyl (C=O) groups excluding carboxylic acids is 1. The number of hydrogen-bond donors (Lipinski definition) is 2. The maximum absolute atomic E-state index is 12.7. The molecule has 3 atom stereocenters. The number of ether oxygens (including phenoxy) is 1. The van der Waals surface area contributed by atoms with Gasteiger partial charge in [-0.15, -0.1) is 0 Å². The van der Waals surface area contributed by atoms with Crippen LogP contribution < -0.4 is 15.0 Å². The first-order chi connectivity index (χ1) is 14.3. The quantitative estimate of drug-likeness (QED) is 0.778. The van der Waals surface area contributed by atoms with Crippen molar-refractivity contribution in [2.24, 2.45) is 11.8 Å². The first-order valence-corrected chi connectivity index (χ1v) is 10.1. The van der Waals surface area contributed by atoms with Crippen LogP contribution in [0.25, 0.3) is 0 Å². The number of nitrogens with zero attached hydrogens (tertiary/aromatic N) is 3. The molecule has 1 fully saturated rings. The smallest absolute Gasteiger partial charge is 0.339 e. The van der Waals surface area contributed by atoms with Gasteiger partial charge in [-0.25, -0.2) is 14.8 Å². The predicted molar refractivity (Wildman–Crippen MR) is 112 cm³/mol. The number of aryl methyl sites for hydroxylation is 1. The number of aromatic nitrogens is 2. The Bertz CT molecular complexity index is 1000. The van der Waals surface area contributed by atoms with Crippen molar-refractivity contribution in [3.8, 4) is 5.75 Å². The Labute approximate surface area is 175 Å². The fraction of sp³-hybridized carbons (Fsp3) is 0.455. The molecule has 1 aromatic heterocycles. The summed E-state index contributed by atoms with van der Waals surface area (Å²) in [6, 6.07) is 4.87. The first-order valence-electron chi connectivity index (χ1n) is 10.1. The minimum atomic E-state index is -1.08. The molecule has 1 saturated carbocycles. The third-order valence-corrected chi connectivity index (χ3v) is 6.06. The van der Waals surface area contributed by atoms with E-state index in [1.807, 2.05) is 17.9 Å². The molecular formula is C22H26N4O4. The van der Waals surface area contributed by atoms with Gasteiger partial charge in [0.15, 0.2) is 0 Å². The molecule has 0 saturated heterocycles. The van der Waals surface area contributed by atoms with Gasteiger partial charge in [0.1, 0.15) is 11.3 Å². The summed E-state index contributed by atoms with van der Waals surface area (Å²) in [6.07, 6.45) is 3.84.